The van der Waals surface area contributed by atoms with Gasteiger partial charge in [0.15, 0.2) is 17.4 Å². The van der Waals surface area contributed by atoms with Crippen LogP contribution in [0, 0.1) is 17.5 Å². The second-order valence-corrected chi connectivity index (χ2v) is 10.6. The van der Waals surface area contributed by atoms with Crippen LogP contribution in [0.1, 0.15) is 18.7 Å². The number of aryl methyl sites for hydroxylation is 1. The molecule has 12 heteroatoms. The van der Waals surface area contributed by atoms with Crippen LogP contribution in [0.3, 0.4) is 0 Å². The van der Waals surface area contributed by atoms with E-state index in [1.165, 1.54) is 41.5 Å². The molecule has 0 saturated carbocycles. The maximum Gasteiger partial charge on any atom is 0.329 e. The average molecular weight is 536 g/mol. The molecule has 0 fully saturated rings. The van der Waals surface area contributed by atoms with E-state index in [9.17, 15) is 26.4 Å². The summed E-state index contributed by atoms with van der Waals surface area (Å²) < 4.78 is 79.8. The summed E-state index contributed by atoms with van der Waals surface area (Å²) in [5.41, 5.74) is 0.374. The molecule has 0 unspecified atom stereocenters. The minimum Gasteiger partial charge on any atom is -0.491 e. The summed E-state index contributed by atoms with van der Waals surface area (Å²) in [5, 5.41) is 0. The summed E-state index contributed by atoms with van der Waals surface area (Å²) in [6.07, 6.45) is 1.05. The summed E-state index contributed by atoms with van der Waals surface area (Å²) in [6, 6.07) is 7.66. The Hall–Kier alpha value is -3.80. The number of imidazole rings is 1. The Labute approximate surface area is 210 Å². The molecule has 0 amide bonds. The minimum absolute atomic E-state index is 0.144. The summed E-state index contributed by atoms with van der Waals surface area (Å²) >= 11 is 0. The third-order valence-electron chi connectivity index (χ3n) is 5.87. The lowest BCUT2D eigenvalue weighted by Crippen LogP contribution is -2.31. The van der Waals surface area contributed by atoms with Gasteiger partial charge in [-0.1, -0.05) is 6.07 Å². The summed E-state index contributed by atoms with van der Waals surface area (Å²) in [7, 11) is -0.700. The van der Waals surface area contributed by atoms with Crippen molar-refractivity contribution in [2.24, 2.45) is 7.05 Å². The Morgan fingerprint density at radius 3 is 2.35 bits per heavy atom. The molecule has 0 aliphatic heterocycles. The van der Waals surface area contributed by atoms with E-state index in [1.54, 1.807) is 19.1 Å². The zero-order chi connectivity index (χ0) is 27.1. The van der Waals surface area contributed by atoms with E-state index in [4.69, 9.17) is 9.47 Å². The van der Waals surface area contributed by atoms with Gasteiger partial charge in [0.05, 0.1) is 42.2 Å². The Balaban J connectivity index is 1.94. The van der Waals surface area contributed by atoms with Crippen LogP contribution in [-0.4, -0.2) is 48.3 Å². The van der Waals surface area contributed by atoms with Crippen molar-refractivity contribution in [1.29, 1.82) is 0 Å². The second-order valence-electron chi connectivity index (χ2n) is 8.45. The molecule has 37 heavy (non-hydrogen) atoms. The number of hydrogen-bond acceptors (Lipinski definition) is 6. The van der Waals surface area contributed by atoms with Gasteiger partial charge < -0.3 is 9.47 Å². The summed E-state index contributed by atoms with van der Waals surface area (Å²) in [6.45, 7) is 2.03. The van der Waals surface area contributed by atoms with Crippen LogP contribution >= 0.6 is 0 Å². The van der Waals surface area contributed by atoms with Crippen molar-refractivity contribution >= 4 is 20.9 Å². The molecule has 0 bridgehead atoms. The SMILES string of the molecule is CCOc1nc([C@@H](CS(C)(=O)=O)n2c(=O)n(C)c3cc(-c4cc(F)c(F)cc4F)ccc32)ccc1OC. The van der Waals surface area contributed by atoms with E-state index in [2.05, 4.69) is 4.98 Å². The van der Waals surface area contributed by atoms with Gasteiger partial charge in [-0.05, 0) is 42.8 Å². The number of halogens is 3. The van der Waals surface area contributed by atoms with E-state index < -0.39 is 44.8 Å². The third kappa shape index (κ3) is 5.06. The van der Waals surface area contributed by atoms with E-state index in [0.717, 1.165) is 12.3 Å². The first kappa shape index (κ1) is 26.3. The van der Waals surface area contributed by atoms with Gasteiger partial charge in [-0.25, -0.2) is 31.4 Å². The highest BCUT2D eigenvalue weighted by Gasteiger charge is 2.27. The van der Waals surface area contributed by atoms with Gasteiger partial charge in [0.1, 0.15) is 15.7 Å². The maximum absolute atomic E-state index is 14.4. The molecule has 4 aromatic rings. The number of sulfone groups is 1. The van der Waals surface area contributed by atoms with Crippen LogP contribution in [0.15, 0.2) is 47.3 Å². The predicted octanol–water partition coefficient (Wildman–Crippen LogP) is 3.86. The number of nitrogens with zero attached hydrogens (tertiary/aromatic N) is 3. The van der Waals surface area contributed by atoms with Crippen molar-refractivity contribution in [2.75, 3.05) is 25.7 Å². The van der Waals surface area contributed by atoms with E-state index in [0.29, 0.717) is 22.8 Å². The molecule has 196 valence electrons. The average Bonchev–Trinajstić information content (AvgIpc) is 3.09. The monoisotopic (exact) mass is 535 g/mol. The first-order valence-corrected chi connectivity index (χ1v) is 13.2. The highest BCUT2D eigenvalue weighted by Crippen LogP contribution is 2.32. The molecule has 1 atom stereocenters. The lowest BCUT2D eigenvalue weighted by atomic mass is 10.0. The highest BCUT2D eigenvalue weighted by molar-refractivity contribution is 7.90. The first-order chi connectivity index (χ1) is 17.4. The fraction of sp³-hybridized carbons (Fsp3) is 0.280. The van der Waals surface area contributed by atoms with Gasteiger partial charge in [-0.15, -0.1) is 0 Å². The largest absolute Gasteiger partial charge is 0.491 e. The van der Waals surface area contributed by atoms with E-state index in [-0.39, 0.29) is 29.3 Å². The molecule has 0 aliphatic rings. The van der Waals surface area contributed by atoms with Crippen LogP contribution in [0.2, 0.25) is 0 Å². The fourth-order valence-electron chi connectivity index (χ4n) is 4.18. The van der Waals surface area contributed by atoms with Crippen LogP contribution in [0.5, 0.6) is 11.6 Å². The van der Waals surface area contributed by atoms with Crippen molar-refractivity contribution in [1.82, 2.24) is 14.1 Å². The van der Waals surface area contributed by atoms with Gasteiger partial charge >= 0.3 is 5.69 Å². The van der Waals surface area contributed by atoms with Crippen molar-refractivity contribution in [2.45, 2.75) is 13.0 Å². The number of methoxy groups -OCH3 is 1. The van der Waals surface area contributed by atoms with Crippen LogP contribution in [-0.2, 0) is 16.9 Å². The van der Waals surface area contributed by atoms with Crippen LogP contribution in [0.25, 0.3) is 22.2 Å². The molecule has 0 radical (unpaired) electrons. The van der Waals surface area contributed by atoms with Gasteiger partial charge in [-0.2, -0.15) is 0 Å². The number of aromatic nitrogens is 3. The smallest absolute Gasteiger partial charge is 0.329 e. The van der Waals surface area contributed by atoms with Crippen molar-refractivity contribution in [3.8, 4) is 22.8 Å². The molecular weight excluding hydrogens is 511 g/mol. The molecular formula is C25H24F3N3O5S. The van der Waals surface area contributed by atoms with Crippen LogP contribution < -0.4 is 15.2 Å². The fourth-order valence-corrected chi connectivity index (χ4v) is 5.07. The first-order valence-electron chi connectivity index (χ1n) is 11.2. The lowest BCUT2D eigenvalue weighted by Gasteiger charge is -2.19. The molecule has 2 heterocycles. The number of benzene rings is 2. The van der Waals surface area contributed by atoms with Crippen molar-refractivity contribution in [3.05, 3.63) is 76.1 Å². The second kappa shape index (κ2) is 9.92. The molecule has 0 aliphatic carbocycles. The molecule has 0 spiro atoms. The Morgan fingerprint density at radius 2 is 1.70 bits per heavy atom. The topological polar surface area (TPSA) is 92.4 Å². The minimum atomic E-state index is -3.61. The number of hydrogen-bond donors (Lipinski definition) is 0. The number of ether oxygens (including phenoxy) is 2. The quantitative estimate of drug-likeness (QED) is 0.318. The molecule has 0 saturated heterocycles. The molecule has 2 aromatic carbocycles. The van der Waals surface area contributed by atoms with Gasteiger partial charge in [0.2, 0.25) is 0 Å². The van der Waals surface area contributed by atoms with Gasteiger partial charge in [0, 0.05) is 24.9 Å². The molecule has 4 rings (SSSR count). The normalized spacial score (nSPS) is 12.6. The Bertz CT molecular complexity index is 1660. The van der Waals surface area contributed by atoms with Crippen molar-refractivity contribution < 1.29 is 31.1 Å². The van der Waals surface area contributed by atoms with Crippen LogP contribution in [0.4, 0.5) is 13.2 Å². The summed E-state index contributed by atoms with van der Waals surface area (Å²) in [4.78, 5) is 17.8. The lowest BCUT2D eigenvalue weighted by molar-refractivity contribution is 0.296. The zero-order valence-corrected chi connectivity index (χ0v) is 21.3. The molecule has 0 N–H and O–H groups in total. The highest BCUT2D eigenvalue weighted by atomic mass is 32.2. The number of pyridine rings is 1. The number of fused-ring (bicyclic) bond motifs is 1. The maximum atomic E-state index is 14.4. The standard InChI is InChI=1S/C25H24F3N3O5S/c1-5-36-24-23(35-3)9-7-19(29-24)22(13-37(4,33)34)31-20-8-6-14(10-21(20)30(2)25(31)32)15-11-17(27)18(28)12-16(15)26/h6-12,22H,5,13H2,1-4H3/t22-/m1/s1. The third-order valence-corrected chi connectivity index (χ3v) is 6.79. The van der Waals surface area contributed by atoms with E-state index >= 15 is 0 Å². The summed E-state index contributed by atoms with van der Waals surface area (Å²) in [5.74, 6) is -3.47. The molecule has 8 nitrogen and oxygen atoms in total. The molecule has 2 aromatic heterocycles. The zero-order valence-electron chi connectivity index (χ0n) is 20.5. The van der Waals surface area contributed by atoms with Gasteiger partial charge in [0.25, 0.3) is 5.88 Å². The van der Waals surface area contributed by atoms with Crippen molar-refractivity contribution in [3.63, 3.8) is 0 Å². The predicted molar refractivity (Wildman–Crippen MR) is 132 cm³/mol. The number of rotatable bonds is 8. The van der Waals surface area contributed by atoms with E-state index in [1.807, 2.05) is 0 Å². The van der Waals surface area contributed by atoms with Gasteiger partial charge in [-0.3, -0.25) is 9.13 Å². The Morgan fingerprint density at radius 1 is 1.00 bits per heavy atom. The Kier molecular flexibility index (Phi) is 7.05.